The number of nitrogens with zero attached hydrogens (tertiary/aromatic N) is 1. The van der Waals surface area contributed by atoms with Crippen LogP contribution >= 0.6 is 24.0 Å². The molecule has 0 saturated carbocycles. The lowest BCUT2D eigenvalue weighted by Crippen LogP contribution is -2.38. The van der Waals surface area contributed by atoms with Gasteiger partial charge in [0.15, 0.2) is 0 Å². The van der Waals surface area contributed by atoms with Gasteiger partial charge in [-0.1, -0.05) is 42.2 Å². The summed E-state index contributed by atoms with van der Waals surface area (Å²) < 4.78 is 6.54. The molecule has 22 heavy (non-hydrogen) atoms. The number of para-hydroxylation sites is 1. The lowest BCUT2D eigenvalue weighted by atomic mass is 10.1. The Morgan fingerprint density at radius 2 is 1.95 bits per heavy atom. The number of carbonyl (C=O) groups is 1. The minimum Gasteiger partial charge on any atom is -0.491 e. The summed E-state index contributed by atoms with van der Waals surface area (Å²) in [6, 6.07) is 5.99. The summed E-state index contributed by atoms with van der Waals surface area (Å²) in [5.74, 6) is 1.18. The molecular weight excluding hydrogens is 316 g/mol. The molecule has 1 amide bonds. The second kappa shape index (κ2) is 9.00. The maximum absolute atomic E-state index is 11.9. The highest BCUT2D eigenvalue weighted by atomic mass is 32.2. The van der Waals surface area contributed by atoms with Gasteiger partial charge in [-0.2, -0.15) is 0 Å². The second-order valence-corrected chi connectivity index (χ2v) is 7.06. The summed E-state index contributed by atoms with van der Waals surface area (Å²) in [6.07, 6.45) is 0. The normalized spacial score (nSPS) is 11.7. The predicted octanol–water partition coefficient (Wildman–Crippen LogP) is 2.77. The monoisotopic (exact) mass is 340 g/mol. The molecule has 4 nitrogen and oxygen atoms in total. The van der Waals surface area contributed by atoms with Crippen LogP contribution in [0.25, 0.3) is 0 Å². The zero-order valence-corrected chi connectivity index (χ0v) is 15.4. The van der Waals surface area contributed by atoms with Crippen LogP contribution in [0.1, 0.15) is 18.1 Å². The molecule has 0 aliphatic heterocycles. The molecule has 1 unspecified atom stereocenters. The van der Waals surface area contributed by atoms with Crippen LogP contribution in [0.3, 0.4) is 0 Å². The van der Waals surface area contributed by atoms with Crippen molar-refractivity contribution < 1.29 is 9.53 Å². The van der Waals surface area contributed by atoms with Crippen molar-refractivity contribution in [3.8, 4) is 5.75 Å². The Morgan fingerprint density at radius 1 is 1.36 bits per heavy atom. The number of hydrogen-bond acceptors (Lipinski definition) is 4. The highest BCUT2D eigenvalue weighted by molar-refractivity contribution is 8.23. The molecule has 1 aromatic carbocycles. The van der Waals surface area contributed by atoms with E-state index in [1.807, 2.05) is 58.0 Å². The number of ether oxygens (including phenoxy) is 1. The molecule has 1 rings (SSSR count). The minimum absolute atomic E-state index is 0.0354. The molecular formula is C16H24N2O2S2. The van der Waals surface area contributed by atoms with Gasteiger partial charge in [-0.3, -0.25) is 4.79 Å². The van der Waals surface area contributed by atoms with Crippen LogP contribution in [0.2, 0.25) is 0 Å². The van der Waals surface area contributed by atoms with Crippen LogP contribution in [-0.4, -0.2) is 47.6 Å². The number of rotatable bonds is 6. The topological polar surface area (TPSA) is 41.6 Å². The number of thiocarbonyl (C=S) groups is 1. The fraction of sp³-hybridized carbons (Fsp3) is 0.500. The highest BCUT2D eigenvalue weighted by Gasteiger charge is 2.11. The largest absolute Gasteiger partial charge is 0.491 e. The van der Waals surface area contributed by atoms with Crippen molar-refractivity contribution in [2.75, 3.05) is 26.5 Å². The van der Waals surface area contributed by atoms with Gasteiger partial charge in [0, 0.05) is 14.1 Å². The summed E-state index contributed by atoms with van der Waals surface area (Å²) in [5.41, 5.74) is 2.20. The zero-order valence-electron chi connectivity index (χ0n) is 13.8. The van der Waals surface area contributed by atoms with Crippen molar-refractivity contribution in [3.63, 3.8) is 0 Å². The molecule has 0 fully saturated rings. The Balaban J connectivity index is 2.38. The molecule has 1 aromatic rings. The lowest BCUT2D eigenvalue weighted by molar-refractivity contribution is -0.119. The number of amides is 1. The average Bonchev–Trinajstić information content (AvgIpc) is 2.44. The van der Waals surface area contributed by atoms with Crippen LogP contribution in [0.5, 0.6) is 5.75 Å². The minimum atomic E-state index is -0.0555. The van der Waals surface area contributed by atoms with E-state index >= 15 is 0 Å². The number of nitrogens with one attached hydrogen (secondary N) is 1. The van der Waals surface area contributed by atoms with E-state index in [2.05, 4.69) is 5.32 Å². The van der Waals surface area contributed by atoms with Crippen LogP contribution in [0.15, 0.2) is 18.2 Å². The first-order valence-electron chi connectivity index (χ1n) is 7.13. The predicted molar refractivity (Wildman–Crippen MR) is 97.8 cm³/mol. The molecule has 0 aliphatic carbocycles. The second-order valence-electron chi connectivity index (χ2n) is 5.45. The van der Waals surface area contributed by atoms with Gasteiger partial charge in [-0.05, 0) is 31.9 Å². The van der Waals surface area contributed by atoms with Crippen molar-refractivity contribution in [3.05, 3.63) is 29.3 Å². The van der Waals surface area contributed by atoms with E-state index < -0.39 is 0 Å². The summed E-state index contributed by atoms with van der Waals surface area (Å²) in [5, 5.41) is 2.92. The lowest BCUT2D eigenvalue weighted by Gasteiger charge is -2.18. The molecule has 0 aromatic heterocycles. The van der Waals surface area contributed by atoms with Crippen molar-refractivity contribution in [2.45, 2.75) is 26.8 Å². The maximum atomic E-state index is 11.9. The van der Waals surface area contributed by atoms with Crippen LogP contribution < -0.4 is 10.1 Å². The Bertz CT molecular complexity index is 513. The third-order valence-corrected chi connectivity index (χ3v) is 4.72. The summed E-state index contributed by atoms with van der Waals surface area (Å²) in [4.78, 5) is 13.7. The van der Waals surface area contributed by atoms with Crippen molar-refractivity contribution in [1.29, 1.82) is 0 Å². The van der Waals surface area contributed by atoms with Gasteiger partial charge < -0.3 is 15.0 Å². The number of hydrogen-bond donors (Lipinski definition) is 1. The molecule has 0 heterocycles. The van der Waals surface area contributed by atoms with E-state index in [1.54, 1.807) is 0 Å². The van der Waals surface area contributed by atoms with Crippen LogP contribution in [0, 0.1) is 13.8 Å². The molecule has 0 bridgehead atoms. The Kier molecular flexibility index (Phi) is 7.68. The van der Waals surface area contributed by atoms with Gasteiger partial charge in [-0.15, -0.1) is 0 Å². The quantitative estimate of drug-likeness (QED) is 0.807. The van der Waals surface area contributed by atoms with Gasteiger partial charge in [0.05, 0.1) is 11.8 Å². The van der Waals surface area contributed by atoms with Crippen molar-refractivity contribution >= 4 is 34.2 Å². The van der Waals surface area contributed by atoms with Gasteiger partial charge >= 0.3 is 0 Å². The van der Waals surface area contributed by atoms with Crippen LogP contribution in [0.4, 0.5) is 0 Å². The summed E-state index contributed by atoms with van der Waals surface area (Å²) in [7, 11) is 3.74. The summed E-state index contributed by atoms with van der Waals surface area (Å²) >= 11 is 6.50. The smallest absolute Gasteiger partial charge is 0.230 e. The first-order valence-corrected chi connectivity index (χ1v) is 8.53. The van der Waals surface area contributed by atoms with E-state index in [1.165, 1.54) is 11.8 Å². The SMILES string of the molecule is Cc1cccc(C)c1OCC(C)NC(=O)CSC(=S)N(C)C. The molecule has 0 spiro atoms. The average molecular weight is 341 g/mol. The van der Waals surface area contributed by atoms with Crippen molar-refractivity contribution in [2.24, 2.45) is 0 Å². The first kappa shape index (κ1) is 18.8. The molecule has 1 N–H and O–H groups in total. The third kappa shape index (κ3) is 6.23. The number of aryl methyl sites for hydroxylation is 2. The molecule has 0 radical (unpaired) electrons. The molecule has 122 valence electrons. The van der Waals surface area contributed by atoms with Crippen LogP contribution in [-0.2, 0) is 4.79 Å². The zero-order chi connectivity index (χ0) is 16.7. The molecule has 1 atom stereocenters. The fourth-order valence-corrected chi connectivity index (χ4v) is 2.62. The highest BCUT2D eigenvalue weighted by Crippen LogP contribution is 2.22. The Labute approximate surface area is 142 Å². The van der Waals surface area contributed by atoms with Crippen molar-refractivity contribution in [1.82, 2.24) is 10.2 Å². The Hall–Kier alpha value is -1.27. The molecule has 0 aliphatic rings. The number of thioether (sulfide) groups is 1. The third-order valence-electron chi connectivity index (χ3n) is 2.99. The maximum Gasteiger partial charge on any atom is 0.230 e. The van der Waals surface area contributed by atoms with E-state index in [4.69, 9.17) is 17.0 Å². The first-order chi connectivity index (χ1) is 10.3. The Morgan fingerprint density at radius 3 is 2.50 bits per heavy atom. The van der Waals surface area contributed by atoms with E-state index in [9.17, 15) is 4.79 Å². The van der Waals surface area contributed by atoms with Gasteiger partial charge in [-0.25, -0.2) is 0 Å². The molecule has 0 saturated heterocycles. The van der Waals surface area contributed by atoms with E-state index in [-0.39, 0.29) is 11.9 Å². The number of carbonyl (C=O) groups excluding carboxylic acids is 1. The number of benzene rings is 1. The van der Waals surface area contributed by atoms with E-state index in [0.29, 0.717) is 16.7 Å². The van der Waals surface area contributed by atoms with E-state index in [0.717, 1.165) is 16.9 Å². The fourth-order valence-electron chi connectivity index (χ4n) is 1.85. The van der Waals surface area contributed by atoms with Gasteiger partial charge in [0.2, 0.25) is 5.91 Å². The van der Waals surface area contributed by atoms with Gasteiger partial charge in [0.1, 0.15) is 16.7 Å². The standard InChI is InChI=1S/C16H24N2O2S2/c1-11-7-6-8-12(2)15(11)20-9-13(3)17-14(19)10-22-16(21)18(4)5/h6-8,13H,9-10H2,1-5H3,(H,17,19). The molecule has 6 heteroatoms. The van der Waals surface area contributed by atoms with Gasteiger partial charge in [0.25, 0.3) is 0 Å². The summed E-state index contributed by atoms with van der Waals surface area (Å²) in [6.45, 7) is 6.41.